The van der Waals surface area contributed by atoms with E-state index in [-0.39, 0.29) is 25.7 Å². The van der Waals surface area contributed by atoms with Gasteiger partial charge < -0.3 is 48.3 Å². The van der Waals surface area contributed by atoms with E-state index in [0.29, 0.717) is 25.1 Å². The summed E-state index contributed by atoms with van der Waals surface area (Å²) in [4.78, 5) is 67.7. The van der Waals surface area contributed by atoms with Crippen molar-refractivity contribution in [1.29, 1.82) is 0 Å². The average molecular weight is 513 g/mol. The molecule has 0 aliphatic carbocycles. The summed E-state index contributed by atoms with van der Waals surface area (Å²) in [5, 5.41) is 26.3. The van der Waals surface area contributed by atoms with Gasteiger partial charge in [0.15, 0.2) is 0 Å². The first-order chi connectivity index (χ1) is 17.0. The van der Waals surface area contributed by atoms with Crippen molar-refractivity contribution in [1.82, 2.24) is 25.9 Å². The normalized spacial score (nSPS) is 15.1. The van der Waals surface area contributed by atoms with Crippen molar-refractivity contribution in [3.05, 3.63) is 18.2 Å². The van der Waals surface area contributed by atoms with Gasteiger partial charge >= 0.3 is 5.97 Å². The van der Waals surface area contributed by atoms with Crippen LogP contribution in [0.15, 0.2) is 12.5 Å². The highest BCUT2D eigenvalue weighted by molar-refractivity contribution is 5.94. The van der Waals surface area contributed by atoms with Gasteiger partial charge in [-0.3, -0.25) is 19.2 Å². The van der Waals surface area contributed by atoms with Crippen LogP contribution in [-0.2, 0) is 30.4 Å². The number of hydrogen-bond acceptors (Lipinski definition) is 9. The van der Waals surface area contributed by atoms with Crippen molar-refractivity contribution in [2.45, 2.75) is 75.7 Å². The zero-order valence-electron chi connectivity index (χ0n) is 20.1. The predicted molar refractivity (Wildman–Crippen MR) is 127 cm³/mol. The lowest BCUT2D eigenvalue weighted by Gasteiger charge is -2.25. The van der Waals surface area contributed by atoms with Crippen LogP contribution < -0.4 is 33.2 Å². The van der Waals surface area contributed by atoms with Gasteiger partial charge in [-0.25, -0.2) is 9.78 Å². The standard InChI is InChI=1S/C21H36N8O7/c1-11(30)17(24)20(34)29-15(8-12-9-25-10-26-12)19(33)27-13(4-2-3-7-22)18(32)28-14(21(35)36)5-6-16(23)31/h9-11,13-15,17,30H,2-8,22,24H2,1H3,(H2,23,31)(H,25,26)(H,27,33)(H,28,32)(H,29,34)(H,35,36). The molecule has 12 N–H and O–H groups in total. The van der Waals surface area contributed by atoms with Crippen LogP contribution in [0.5, 0.6) is 0 Å². The maximum Gasteiger partial charge on any atom is 0.326 e. The zero-order valence-corrected chi connectivity index (χ0v) is 20.1. The number of aromatic nitrogens is 2. The molecule has 1 aromatic rings. The van der Waals surface area contributed by atoms with Crippen molar-refractivity contribution in [3.8, 4) is 0 Å². The molecule has 0 aromatic carbocycles. The lowest BCUT2D eigenvalue weighted by molar-refractivity contribution is -0.142. The smallest absolute Gasteiger partial charge is 0.326 e. The molecule has 0 saturated carbocycles. The van der Waals surface area contributed by atoms with E-state index in [4.69, 9.17) is 17.2 Å². The number of carbonyl (C=O) groups is 5. The molecule has 0 aliphatic rings. The molecular formula is C21H36N8O7. The Morgan fingerprint density at radius 1 is 1.00 bits per heavy atom. The molecule has 1 heterocycles. The number of carbonyl (C=O) groups excluding carboxylic acids is 4. The Kier molecular flexibility index (Phi) is 13.1. The number of imidazole rings is 1. The summed E-state index contributed by atoms with van der Waals surface area (Å²) in [6.07, 6.45) is 2.26. The molecule has 0 bridgehead atoms. The number of carboxylic acid groups (broad SMARTS) is 1. The molecule has 0 radical (unpaired) electrons. The van der Waals surface area contributed by atoms with Crippen LogP contribution in [0.1, 0.15) is 44.7 Å². The van der Waals surface area contributed by atoms with E-state index in [1.54, 1.807) is 0 Å². The number of nitrogens with one attached hydrogen (secondary N) is 4. The Hall–Kier alpha value is -3.56. The van der Waals surface area contributed by atoms with E-state index in [0.717, 1.165) is 0 Å². The number of aliphatic hydroxyl groups is 1. The van der Waals surface area contributed by atoms with Crippen LogP contribution in [-0.4, -0.2) is 86.6 Å². The topological polar surface area (TPSA) is 269 Å². The van der Waals surface area contributed by atoms with Gasteiger partial charge in [0.25, 0.3) is 0 Å². The van der Waals surface area contributed by atoms with Crippen molar-refractivity contribution in [2.75, 3.05) is 6.54 Å². The quantitative estimate of drug-likeness (QED) is 0.0933. The van der Waals surface area contributed by atoms with Crippen molar-refractivity contribution >= 4 is 29.6 Å². The monoisotopic (exact) mass is 512 g/mol. The number of amides is 4. The molecular weight excluding hydrogens is 476 g/mol. The fourth-order valence-electron chi connectivity index (χ4n) is 3.16. The fourth-order valence-corrected chi connectivity index (χ4v) is 3.16. The summed E-state index contributed by atoms with van der Waals surface area (Å²) in [5.41, 5.74) is 16.7. The second-order valence-electron chi connectivity index (χ2n) is 8.36. The van der Waals surface area contributed by atoms with E-state index < -0.39 is 59.9 Å². The molecule has 36 heavy (non-hydrogen) atoms. The van der Waals surface area contributed by atoms with E-state index in [1.165, 1.54) is 19.4 Å². The molecule has 5 unspecified atom stereocenters. The number of primary amides is 1. The molecule has 1 rings (SSSR count). The maximum absolute atomic E-state index is 13.1. The minimum atomic E-state index is -1.40. The summed E-state index contributed by atoms with van der Waals surface area (Å²) in [6.45, 7) is 1.66. The van der Waals surface area contributed by atoms with Gasteiger partial charge in [-0.2, -0.15) is 0 Å². The maximum atomic E-state index is 13.1. The Labute approximate surface area is 207 Å². The summed E-state index contributed by atoms with van der Waals surface area (Å²) in [7, 11) is 0. The first kappa shape index (κ1) is 30.5. The van der Waals surface area contributed by atoms with Crippen molar-refractivity contribution in [2.24, 2.45) is 17.2 Å². The van der Waals surface area contributed by atoms with Gasteiger partial charge in [0.05, 0.1) is 12.4 Å². The predicted octanol–water partition coefficient (Wildman–Crippen LogP) is -3.41. The first-order valence-corrected chi connectivity index (χ1v) is 11.5. The van der Waals surface area contributed by atoms with Gasteiger partial charge in [-0.1, -0.05) is 0 Å². The molecule has 5 atom stereocenters. The highest BCUT2D eigenvalue weighted by Gasteiger charge is 2.31. The van der Waals surface area contributed by atoms with Crippen LogP contribution in [0.2, 0.25) is 0 Å². The van der Waals surface area contributed by atoms with Crippen LogP contribution in [0.25, 0.3) is 0 Å². The number of nitrogens with two attached hydrogens (primary N) is 3. The van der Waals surface area contributed by atoms with Crippen LogP contribution >= 0.6 is 0 Å². The van der Waals surface area contributed by atoms with Gasteiger partial charge in [-0.15, -0.1) is 0 Å². The first-order valence-electron chi connectivity index (χ1n) is 11.5. The van der Waals surface area contributed by atoms with Crippen LogP contribution in [0.3, 0.4) is 0 Å². The average Bonchev–Trinajstić information content (AvgIpc) is 3.32. The third-order valence-electron chi connectivity index (χ3n) is 5.31. The molecule has 1 aromatic heterocycles. The van der Waals surface area contributed by atoms with Gasteiger partial charge in [0.1, 0.15) is 24.2 Å². The fraction of sp³-hybridized carbons (Fsp3) is 0.619. The van der Waals surface area contributed by atoms with Crippen LogP contribution in [0, 0.1) is 0 Å². The Bertz CT molecular complexity index is 878. The van der Waals surface area contributed by atoms with Gasteiger partial charge in [0, 0.05) is 24.7 Å². The highest BCUT2D eigenvalue weighted by atomic mass is 16.4. The molecule has 0 spiro atoms. The van der Waals surface area contributed by atoms with Gasteiger partial charge in [-0.05, 0) is 39.2 Å². The molecule has 0 fully saturated rings. The number of unbranched alkanes of at least 4 members (excludes halogenated alkanes) is 1. The number of carboxylic acids is 1. The minimum absolute atomic E-state index is 0.0302. The highest BCUT2D eigenvalue weighted by Crippen LogP contribution is 2.07. The lowest BCUT2D eigenvalue weighted by Crippen LogP contribution is -2.58. The summed E-state index contributed by atoms with van der Waals surface area (Å²) in [5.74, 6) is -4.41. The number of rotatable bonds is 17. The van der Waals surface area contributed by atoms with Crippen molar-refractivity contribution < 1.29 is 34.2 Å². The number of H-pyrrole nitrogens is 1. The molecule has 0 saturated heterocycles. The molecule has 15 heteroatoms. The largest absolute Gasteiger partial charge is 0.480 e. The van der Waals surface area contributed by atoms with E-state index in [9.17, 15) is 34.2 Å². The molecule has 202 valence electrons. The second kappa shape index (κ2) is 15.4. The third kappa shape index (κ3) is 10.8. The van der Waals surface area contributed by atoms with Crippen LogP contribution in [0.4, 0.5) is 0 Å². The second-order valence-corrected chi connectivity index (χ2v) is 8.36. The molecule has 0 aliphatic heterocycles. The van der Waals surface area contributed by atoms with Crippen molar-refractivity contribution in [3.63, 3.8) is 0 Å². The molecule has 15 nitrogen and oxygen atoms in total. The number of aromatic amines is 1. The lowest BCUT2D eigenvalue weighted by atomic mass is 10.0. The third-order valence-corrected chi connectivity index (χ3v) is 5.31. The van der Waals surface area contributed by atoms with Gasteiger partial charge in [0.2, 0.25) is 23.6 Å². The Morgan fingerprint density at radius 3 is 2.14 bits per heavy atom. The number of hydrogen-bond donors (Lipinski definition) is 9. The summed E-state index contributed by atoms with van der Waals surface area (Å²) < 4.78 is 0. The summed E-state index contributed by atoms with van der Waals surface area (Å²) >= 11 is 0. The Morgan fingerprint density at radius 2 is 1.61 bits per heavy atom. The SMILES string of the molecule is CC(O)C(N)C(=O)NC(Cc1cnc[nH]1)C(=O)NC(CCCCN)C(=O)NC(CCC(N)=O)C(=O)O. The van der Waals surface area contributed by atoms with E-state index in [1.807, 2.05) is 0 Å². The Balaban J connectivity index is 3.05. The van der Waals surface area contributed by atoms with E-state index >= 15 is 0 Å². The number of aliphatic carboxylic acids is 1. The number of nitrogens with zero attached hydrogens (tertiary/aromatic N) is 1. The van der Waals surface area contributed by atoms with E-state index in [2.05, 4.69) is 25.9 Å². The summed E-state index contributed by atoms with van der Waals surface area (Å²) in [6, 6.07) is -5.06. The molecule has 4 amide bonds. The zero-order chi connectivity index (χ0) is 27.3. The number of aliphatic hydroxyl groups excluding tert-OH is 1. The minimum Gasteiger partial charge on any atom is -0.480 e.